The molecule has 7 heteroatoms. The average molecular weight is 444 g/mol. The van der Waals surface area contributed by atoms with Crippen LogP contribution in [0.25, 0.3) is 0 Å². The number of thiophene rings is 1. The van der Waals surface area contributed by atoms with Crippen molar-refractivity contribution in [3.8, 4) is 5.75 Å². The van der Waals surface area contributed by atoms with Crippen molar-refractivity contribution >= 4 is 23.2 Å². The number of ether oxygens (including phenoxy) is 1. The van der Waals surface area contributed by atoms with Crippen molar-refractivity contribution in [2.45, 2.75) is 51.2 Å². The number of nitrogens with zero attached hydrogens (tertiary/aromatic N) is 2. The Bertz CT molecular complexity index is 841. The van der Waals surface area contributed by atoms with E-state index in [0.717, 1.165) is 12.8 Å². The van der Waals surface area contributed by atoms with Crippen LogP contribution in [0.15, 0.2) is 41.8 Å². The highest BCUT2D eigenvalue weighted by Crippen LogP contribution is 2.24. The Morgan fingerprint density at radius 3 is 2.42 bits per heavy atom. The molecule has 3 rings (SSSR count). The Balaban J connectivity index is 1.51. The Morgan fingerprint density at radius 1 is 1.16 bits per heavy atom. The van der Waals surface area contributed by atoms with Gasteiger partial charge in [-0.05, 0) is 82.9 Å². The minimum absolute atomic E-state index is 0.0184. The van der Waals surface area contributed by atoms with Crippen LogP contribution in [-0.4, -0.2) is 60.9 Å². The van der Waals surface area contributed by atoms with Crippen LogP contribution in [-0.2, 0) is 4.79 Å². The van der Waals surface area contributed by atoms with Gasteiger partial charge < -0.3 is 19.9 Å². The summed E-state index contributed by atoms with van der Waals surface area (Å²) in [6.45, 7) is 4.75. The van der Waals surface area contributed by atoms with Gasteiger partial charge in [0.05, 0.1) is 6.04 Å². The Hall–Kier alpha value is -2.38. The van der Waals surface area contributed by atoms with E-state index in [1.807, 2.05) is 30.4 Å². The zero-order chi connectivity index (χ0) is 22.4. The van der Waals surface area contributed by atoms with Crippen molar-refractivity contribution in [3.63, 3.8) is 0 Å². The molecule has 3 atom stereocenters. The maximum absolute atomic E-state index is 12.6. The third-order valence-electron chi connectivity index (χ3n) is 5.91. The van der Waals surface area contributed by atoms with Crippen LogP contribution in [0.5, 0.6) is 5.75 Å². The molecule has 2 heterocycles. The number of nitrogens with one attached hydrogen (secondary N) is 1. The van der Waals surface area contributed by atoms with E-state index < -0.39 is 0 Å². The van der Waals surface area contributed by atoms with Gasteiger partial charge in [0.1, 0.15) is 5.75 Å². The molecule has 0 spiro atoms. The van der Waals surface area contributed by atoms with Crippen LogP contribution in [0.1, 0.15) is 54.4 Å². The van der Waals surface area contributed by atoms with Crippen molar-refractivity contribution in [1.29, 1.82) is 0 Å². The second-order valence-electron chi connectivity index (χ2n) is 8.45. The summed E-state index contributed by atoms with van der Waals surface area (Å²) in [5.41, 5.74) is 0.570. The van der Waals surface area contributed by atoms with Gasteiger partial charge in [-0.1, -0.05) is 6.07 Å². The third-order valence-corrected chi connectivity index (χ3v) is 6.88. The first kappa shape index (κ1) is 23.3. The number of benzene rings is 1. The summed E-state index contributed by atoms with van der Waals surface area (Å²) in [4.78, 5) is 30.4. The lowest BCUT2D eigenvalue weighted by Crippen LogP contribution is -2.49. The fourth-order valence-electron chi connectivity index (χ4n) is 4.14. The van der Waals surface area contributed by atoms with E-state index in [9.17, 15) is 9.59 Å². The molecule has 1 aromatic heterocycles. The molecule has 3 unspecified atom stereocenters. The minimum Gasteiger partial charge on any atom is -0.484 e. The highest BCUT2D eigenvalue weighted by molar-refractivity contribution is 7.10. The van der Waals surface area contributed by atoms with Gasteiger partial charge in [-0.2, -0.15) is 0 Å². The molecule has 1 aromatic carbocycles. The molecule has 1 N–H and O–H groups in total. The quantitative estimate of drug-likeness (QED) is 0.671. The molecular weight excluding hydrogens is 410 g/mol. The van der Waals surface area contributed by atoms with Crippen LogP contribution < -0.4 is 10.1 Å². The molecular formula is C24H33N3O3S. The topological polar surface area (TPSA) is 61.9 Å². The van der Waals surface area contributed by atoms with Crippen LogP contribution >= 0.6 is 11.3 Å². The van der Waals surface area contributed by atoms with E-state index in [-0.39, 0.29) is 36.5 Å². The number of likely N-dealkylation sites (tertiary alicyclic amines) is 1. The third kappa shape index (κ3) is 6.08. The number of amides is 2. The van der Waals surface area contributed by atoms with Crippen molar-refractivity contribution < 1.29 is 14.3 Å². The van der Waals surface area contributed by atoms with E-state index >= 15 is 0 Å². The van der Waals surface area contributed by atoms with Gasteiger partial charge >= 0.3 is 0 Å². The molecule has 0 saturated carbocycles. The van der Waals surface area contributed by atoms with Crippen LogP contribution in [0.4, 0.5) is 0 Å². The van der Waals surface area contributed by atoms with Crippen molar-refractivity contribution in [2.75, 3.05) is 27.2 Å². The molecule has 1 saturated heterocycles. The average Bonchev–Trinajstić information content (AvgIpc) is 3.26. The number of hydrogen-bond donors (Lipinski definition) is 1. The molecule has 1 fully saturated rings. The molecule has 0 radical (unpaired) electrons. The van der Waals surface area contributed by atoms with Gasteiger partial charge in [-0.25, -0.2) is 0 Å². The van der Waals surface area contributed by atoms with Crippen molar-refractivity contribution in [1.82, 2.24) is 15.1 Å². The van der Waals surface area contributed by atoms with Crippen LogP contribution in [0.3, 0.4) is 0 Å². The van der Waals surface area contributed by atoms with Crippen LogP contribution in [0.2, 0.25) is 0 Å². The maximum Gasteiger partial charge on any atom is 0.260 e. The second-order valence-corrected chi connectivity index (χ2v) is 9.43. The molecule has 31 heavy (non-hydrogen) atoms. The zero-order valence-corrected chi connectivity index (χ0v) is 19.7. The van der Waals surface area contributed by atoms with Gasteiger partial charge in [0.25, 0.3) is 11.8 Å². The molecule has 168 valence electrons. The van der Waals surface area contributed by atoms with Crippen molar-refractivity contribution in [2.24, 2.45) is 0 Å². The fraction of sp³-hybridized carbons (Fsp3) is 0.500. The van der Waals surface area contributed by atoms with Gasteiger partial charge in [0.2, 0.25) is 0 Å². The highest BCUT2D eigenvalue weighted by Gasteiger charge is 2.29. The lowest BCUT2D eigenvalue weighted by molar-refractivity contribution is -0.139. The summed E-state index contributed by atoms with van der Waals surface area (Å²) in [6, 6.07) is 11.7. The Labute approximate surface area is 189 Å². The monoisotopic (exact) mass is 443 g/mol. The molecule has 2 aromatic rings. The fourth-order valence-corrected chi connectivity index (χ4v) is 5.07. The Morgan fingerprint density at radius 2 is 1.84 bits per heavy atom. The summed E-state index contributed by atoms with van der Waals surface area (Å²) in [5.74, 6) is 0.485. The van der Waals surface area contributed by atoms with Gasteiger partial charge in [-0.15, -0.1) is 11.3 Å². The molecule has 1 aliphatic heterocycles. The molecule has 6 nitrogen and oxygen atoms in total. The highest BCUT2D eigenvalue weighted by atomic mass is 32.1. The summed E-state index contributed by atoms with van der Waals surface area (Å²) in [7, 11) is 4.02. The first-order valence-corrected chi connectivity index (χ1v) is 11.8. The predicted octanol–water partition coefficient (Wildman–Crippen LogP) is 3.95. The standard InChI is InChI=1S/C24H33N3O3S/c1-17-7-5-8-18(2)27(17)23(28)16-30-20-12-10-19(11-13-20)24(29)25-15-21(26(3)4)22-9-6-14-31-22/h6,9-14,17-18,21H,5,7-8,15-16H2,1-4H3,(H,25,29). The van der Waals surface area contributed by atoms with Crippen LogP contribution in [0, 0.1) is 0 Å². The van der Waals surface area contributed by atoms with E-state index in [1.165, 1.54) is 11.3 Å². The van der Waals surface area contributed by atoms with E-state index in [2.05, 4.69) is 30.1 Å². The number of piperidine rings is 1. The Kier molecular flexibility index (Phi) is 8.09. The van der Waals surface area contributed by atoms with Gasteiger partial charge in [-0.3, -0.25) is 9.59 Å². The minimum atomic E-state index is -0.123. The van der Waals surface area contributed by atoms with Gasteiger partial charge in [0.15, 0.2) is 6.61 Å². The molecule has 1 aliphatic rings. The SMILES string of the molecule is CC1CCCC(C)N1C(=O)COc1ccc(C(=O)NCC(c2cccs2)N(C)C)cc1. The second kappa shape index (κ2) is 10.8. The molecule has 0 bridgehead atoms. The number of likely N-dealkylation sites (N-methyl/N-ethyl adjacent to an activating group) is 1. The summed E-state index contributed by atoms with van der Waals surface area (Å²) in [5, 5.41) is 5.06. The van der Waals surface area contributed by atoms with Crippen molar-refractivity contribution in [3.05, 3.63) is 52.2 Å². The number of hydrogen-bond acceptors (Lipinski definition) is 5. The molecule has 2 amide bonds. The van der Waals surface area contributed by atoms with E-state index in [1.54, 1.807) is 35.6 Å². The number of carbonyl (C=O) groups is 2. The largest absolute Gasteiger partial charge is 0.484 e. The van der Waals surface area contributed by atoms with E-state index in [0.29, 0.717) is 17.9 Å². The first-order chi connectivity index (χ1) is 14.9. The lowest BCUT2D eigenvalue weighted by Gasteiger charge is -2.38. The number of carbonyl (C=O) groups excluding carboxylic acids is 2. The summed E-state index contributed by atoms with van der Waals surface area (Å²) >= 11 is 1.69. The predicted molar refractivity (Wildman–Crippen MR) is 125 cm³/mol. The van der Waals surface area contributed by atoms with Gasteiger partial charge in [0, 0.05) is 29.1 Å². The molecule has 0 aliphatic carbocycles. The zero-order valence-electron chi connectivity index (χ0n) is 18.8. The summed E-state index contributed by atoms with van der Waals surface area (Å²) < 4.78 is 5.70. The summed E-state index contributed by atoms with van der Waals surface area (Å²) in [6.07, 6.45) is 3.25. The number of rotatable bonds is 8. The first-order valence-electron chi connectivity index (χ1n) is 10.9. The van der Waals surface area contributed by atoms with E-state index in [4.69, 9.17) is 4.74 Å². The normalized spacial score (nSPS) is 19.8. The smallest absolute Gasteiger partial charge is 0.260 e. The maximum atomic E-state index is 12.6. The lowest BCUT2D eigenvalue weighted by atomic mass is 9.97.